The summed E-state index contributed by atoms with van der Waals surface area (Å²) in [5.74, 6) is -1.28. The lowest BCUT2D eigenvalue weighted by Gasteiger charge is -2.13. The molecule has 1 aromatic carbocycles. The second-order valence-electron chi connectivity index (χ2n) is 4.27. The van der Waals surface area contributed by atoms with Crippen molar-refractivity contribution in [3.05, 3.63) is 28.2 Å². The number of primary amides is 1. The lowest BCUT2D eigenvalue weighted by Crippen LogP contribution is -2.36. The zero-order valence-electron chi connectivity index (χ0n) is 11.4. The largest absolute Gasteiger partial charge is 0.369 e. The molecule has 10 heteroatoms. The van der Waals surface area contributed by atoms with Gasteiger partial charge in [0.05, 0.1) is 17.0 Å². The molecule has 0 bridgehead atoms. The molecule has 0 aromatic heterocycles. The summed E-state index contributed by atoms with van der Waals surface area (Å²) in [6.07, 6.45) is 0. The highest BCUT2D eigenvalue weighted by Crippen LogP contribution is 2.21. The molecule has 0 radical (unpaired) electrons. The van der Waals surface area contributed by atoms with Gasteiger partial charge in [0.1, 0.15) is 0 Å². The van der Waals surface area contributed by atoms with Crippen LogP contribution in [0.15, 0.2) is 27.6 Å². The van der Waals surface area contributed by atoms with Gasteiger partial charge in [-0.2, -0.15) is 0 Å². The van der Waals surface area contributed by atoms with E-state index in [1.807, 2.05) is 4.72 Å². The molecule has 8 nitrogen and oxygen atoms in total. The Labute approximate surface area is 130 Å². The lowest BCUT2D eigenvalue weighted by atomic mass is 10.2. The van der Waals surface area contributed by atoms with Gasteiger partial charge in [-0.3, -0.25) is 15.0 Å². The summed E-state index contributed by atoms with van der Waals surface area (Å²) in [5.41, 5.74) is 7.54. The summed E-state index contributed by atoms with van der Waals surface area (Å²) in [4.78, 5) is 22.5. The van der Waals surface area contributed by atoms with E-state index in [0.29, 0.717) is 4.47 Å². The van der Waals surface area contributed by atoms with Crippen LogP contribution in [0.4, 0.5) is 0 Å². The van der Waals surface area contributed by atoms with E-state index in [4.69, 9.17) is 5.73 Å². The number of sulfonamides is 1. The van der Waals surface area contributed by atoms with Crippen molar-refractivity contribution in [1.82, 2.24) is 15.2 Å². The predicted molar refractivity (Wildman–Crippen MR) is 79.7 cm³/mol. The SMILES string of the molecule is CN(C)NC(=O)c1cc(S(=O)(=O)NCC(N)=O)ccc1Br. The van der Waals surface area contributed by atoms with Crippen LogP contribution in [0, 0.1) is 0 Å². The van der Waals surface area contributed by atoms with Crippen molar-refractivity contribution >= 4 is 37.8 Å². The van der Waals surface area contributed by atoms with Gasteiger partial charge in [-0.05, 0) is 34.1 Å². The highest BCUT2D eigenvalue weighted by Gasteiger charge is 2.19. The maximum Gasteiger partial charge on any atom is 0.266 e. The molecule has 0 aliphatic heterocycles. The zero-order valence-corrected chi connectivity index (χ0v) is 13.8. The smallest absolute Gasteiger partial charge is 0.266 e. The van der Waals surface area contributed by atoms with Crippen molar-refractivity contribution in [2.75, 3.05) is 20.6 Å². The Hall–Kier alpha value is -1.49. The minimum Gasteiger partial charge on any atom is -0.369 e. The molecule has 0 saturated carbocycles. The highest BCUT2D eigenvalue weighted by molar-refractivity contribution is 9.10. The van der Waals surface area contributed by atoms with Crippen LogP contribution in [0.5, 0.6) is 0 Å². The molecule has 1 aromatic rings. The normalized spacial score (nSPS) is 11.4. The first-order valence-corrected chi connectivity index (χ1v) is 7.97. The number of hydrazine groups is 1. The van der Waals surface area contributed by atoms with Gasteiger partial charge in [0.25, 0.3) is 5.91 Å². The molecule has 4 N–H and O–H groups in total. The van der Waals surface area contributed by atoms with Gasteiger partial charge < -0.3 is 5.73 Å². The second kappa shape index (κ2) is 6.98. The van der Waals surface area contributed by atoms with Crippen molar-refractivity contribution < 1.29 is 18.0 Å². The molecular weight excluding hydrogens is 364 g/mol. The van der Waals surface area contributed by atoms with E-state index >= 15 is 0 Å². The molecule has 0 unspecified atom stereocenters. The van der Waals surface area contributed by atoms with E-state index in [9.17, 15) is 18.0 Å². The molecule has 21 heavy (non-hydrogen) atoms. The molecule has 116 valence electrons. The molecule has 0 spiro atoms. The number of rotatable bonds is 6. The Morgan fingerprint density at radius 1 is 1.33 bits per heavy atom. The molecule has 0 heterocycles. The number of benzene rings is 1. The van der Waals surface area contributed by atoms with Crippen LogP contribution in [-0.4, -0.2) is 45.9 Å². The average molecular weight is 379 g/mol. The maximum absolute atomic E-state index is 12.0. The summed E-state index contributed by atoms with van der Waals surface area (Å²) in [6.45, 7) is -0.516. The Bertz CT molecular complexity index is 660. The van der Waals surface area contributed by atoms with Crippen LogP contribution in [0.1, 0.15) is 10.4 Å². The Balaban J connectivity index is 3.11. The third kappa shape index (κ3) is 5.08. The summed E-state index contributed by atoms with van der Waals surface area (Å²) < 4.78 is 26.4. The number of carbonyl (C=O) groups is 2. The van der Waals surface area contributed by atoms with Crippen molar-refractivity contribution in [2.24, 2.45) is 5.73 Å². The number of nitrogens with two attached hydrogens (primary N) is 1. The van der Waals surface area contributed by atoms with Gasteiger partial charge >= 0.3 is 0 Å². The van der Waals surface area contributed by atoms with E-state index in [-0.39, 0.29) is 10.5 Å². The van der Waals surface area contributed by atoms with Crippen LogP contribution in [0.2, 0.25) is 0 Å². The molecule has 0 aliphatic rings. The lowest BCUT2D eigenvalue weighted by molar-refractivity contribution is -0.116. The molecule has 0 aliphatic carbocycles. The van der Waals surface area contributed by atoms with Crippen LogP contribution in [-0.2, 0) is 14.8 Å². The number of nitrogens with zero attached hydrogens (tertiary/aromatic N) is 1. The Morgan fingerprint density at radius 2 is 1.95 bits per heavy atom. The average Bonchev–Trinajstić information content (AvgIpc) is 2.35. The fraction of sp³-hybridized carbons (Fsp3) is 0.273. The van der Waals surface area contributed by atoms with Crippen LogP contribution in [0.25, 0.3) is 0 Å². The fourth-order valence-electron chi connectivity index (χ4n) is 1.36. The van der Waals surface area contributed by atoms with Gasteiger partial charge in [-0.1, -0.05) is 0 Å². The minimum absolute atomic E-state index is 0.143. The molecular formula is C11H15BrN4O4S. The van der Waals surface area contributed by atoms with E-state index in [1.165, 1.54) is 23.2 Å². The number of amides is 2. The van der Waals surface area contributed by atoms with Crippen LogP contribution < -0.4 is 15.9 Å². The maximum atomic E-state index is 12.0. The first-order chi connectivity index (χ1) is 9.63. The first kappa shape index (κ1) is 17.6. The van der Waals surface area contributed by atoms with E-state index in [2.05, 4.69) is 21.4 Å². The van der Waals surface area contributed by atoms with Gasteiger partial charge in [-0.15, -0.1) is 0 Å². The summed E-state index contributed by atoms with van der Waals surface area (Å²) in [6, 6.07) is 3.94. The number of hydrogen-bond donors (Lipinski definition) is 3. The molecule has 1 rings (SSSR count). The Morgan fingerprint density at radius 3 is 2.48 bits per heavy atom. The van der Waals surface area contributed by atoms with E-state index in [0.717, 1.165) is 0 Å². The molecule has 0 atom stereocenters. The van der Waals surface area contributed by atoms with Crippen molar-refractivity contribution in [3.8, 4) is 0 Å². The third-order valence-electron chi connectivity index (χ3n) is 2.25. The van der Waals surface area contributed by atoms with Crippen LogP contribution >= 0.6 is 15.9 Å². The van der Waals surface area contributed by atoms with Gasteiger partial charge in [-0.25, -0.2) is 18.1 Å². The van der Waals surface area contributed by atoms with Crippen LogP contribution in [0.3, 0.4) is 0 Å². The van der Waals surface area contributed by atoms with Crippen molar-refractivity contribution in [1.29, 1.82) is 0 Å². The second-order valence-corrected chi connectivity index (χ2v) is 6.89. The topological polar surface area (TPSA) is 122 Å². The monoisotopic (exact) mass is 378 g/mol. The fourth-order valence-corrected chi connectivity index (χ4v) is 2.80. The highest BCUT2D eigenvalue weighted by atomic mass is 79.9. The van der Waals surface area contributed by atoms with Gasteiger partial charge in [0.2, 0.25) is 15.9 Å². The summed E-state index contributed by atoms with van der Waals surface area (Å²) in [7, 11) is -0.670. The molecule has 0 fully saturated rings. The molecule has 0 saturated heterocycles. The van der Waals surface area contributed by atoms with Gasteiger partial charge in [0.15, 0.2) is 0 Å². The van der Waals surface area contributed by atoms with Crippen molar-refractivity contribution in [3.63, 3.8) is 0 Å². The standard InChI is InChI=1S/C11H15BrN4O4S/c1-16(2)15-11(18)8-5-7(3-4-9(8)12)21(19,20)14-6-10(13)17/h3-5,14H,6H2,1-2H3,(H2,13,17)(H,15,18). The quantitative estimate of drug-likeness (QED) is 0.571. The summed E-state index contributed by atoms with van der Waals surface area (Å²) >= 11 is 3.18. The number of hydrogen-bond acceptors (Lipinski definition) is 5. The van der Waals surface area contributed by atoms with Crippen molar-refractivity contribution in [2.45, 2.75) is 4.90 Å². The zero-order chi connectivity index (χ0) is 16.2. The summed E-state index contributed by atoms with van der Waals surface area (Å²) in [5, 5.41) is 1.43. The number of carbonyl (C=O) groups excluding carboxylic acids is 2. The molecule has 2 amide bonds. The third-order valence-corrected chi connectivity index (χ3v) is 4.34. The van der Waals surface area contributed by atoms with E-state index in [1.54, 1.807) is 14.1 Å². The first-order valence-electron chi connectivity index (χ1n) is 5.69. The number of nitrogens with one attached hydrogen (secondary N) is 2. The predicted octanol–water partition coefficient (Wildman–Crippen LogP) is -0.581. The Kier molecular flexibility index (Phi) is 5.84. The van der Waals surface area contributed by atoms with Gasteiger partial charge in [0, 0.05) is 18.6 Å². The van der Waals surface area contributed by atoms with E-state index < -0.39 is 28.4 Å². The minimum atomic E-state index is -3.92. The number of halogens is 1.